The van der Waals surface area contributed by atoms with Gasteiger partial charge in [-0.15, -0.1) is 0 Å². The van der Waals surface area contributed by atoms with Crippen molar-refractivity contribution in [2.75, 3.05) is 0 Å². The predicted molar refractivity (Wildman–Crippen MR) is 66.4 cm³/mol. The molecule has 1 saturated heterocycles. The quantitative estimate of drug-likeness (QED) is 0.850. The molecule has 0 spiro atoms. The second-order valence-corrected chi connectivity index (χ2v) is 5.03. The molecule has 90 valence electrons. The molecule has 0 aliphatic carbocycles. The van der Waals surface area contributed by atoms with Crippen molar-refractivity contribution >= 4 is 0 Å². The van der Waals surface area contributed by atoms with E-state index in [4.69, 9.17) is 0 Å². The highest BCUT2D eigenvalue weighted by molar-refractivity contribution is 5.08. The number of imidazole rings is 1. The maximum Gasteiger partial charge on any atom is 0.0951 e. The summed E-state index contributed by atoms with van der Waals surface area (Å²) in [5.74, 6) is 0. The zero-order valence-electron chi connectivity index (χ0n) is 10.6. The summed E-state index contributed by atoms with van der Waals surface area (Å²) in [6, 6.07) is 1.69. The Balaban J connectivity index is 2.16. The van der Waals surface area contributed by atoms with Crippen LogP contribution in [0.25, 0.3) is 0 Å². The van der Waals surface area contributed by atoms with E-state index in [1.807, 2.05) is 12.5 Å². The molecule has 0 saturated carbocycles. The standard InChI is InChI=1S/C13H23N3/c1-4-11(3)16-9-14-8-13(16)12-7-5-6-10(2)15-12/h8-12,15H,4-7H2,1-3H3. The first kappa shape index (κ1) is 11.6. The Morgan fingerprint density at radius 3 is 3.06 bits per heavy atom. The Morgan fingerprint density at radius 1 is 1.56 bits per heavy atom. The van der Waals surface area contributed by atoms with E-state index < -0.39 is 0 Å². The molecule has 0 bridgehead atoms. The van der Waals surface area contributed by atoms with Crippen molar-refractivity contribution in [3.8, 4) is 0 Å². The second-order valence-electron chi connectivity index (χ2n) is 5.03. The van der Waals surface area contributed by atoms with Crippen LogP contribution in [0.4, 0.5) is 0 Å². The van der Waals surface area contributed by atoms with Gasteiger partial charge in [-0.05, 0) is 39.5 Å². The zero-order valence-corrected chi connectivity index (χ0v) is 10.6. The summed E-state index contributed by atoms with van der Waals surface area (Å²) in [4.78, 5) is 4.31. The number of rotatable bonds is 3. The minimum Gasteiger partial charge on any atom is -0.330 e. The summed E-state index contributed by atoms with van der Waals surface area (Å²) in [7, 11) is 0. The third kappa shape index (κ3) is 2.29. The molecule has 1 aliphatic heterocycles. The molecule has 1 fully saturated rings. The fourth-order valence-electron chi connectivity index (χ4n) is 2.52. The van der Waals surface area contributed by atoms with E-state index in [2.05, 4.69) is 35.6 Å². The van der Waals surface area contributed by atoms with Crippen LogP contribution in [0.15, 0.2) is 12.5 Å². The molecule has 2 rings (SSSR count). The number of hydrogen-bond acceptors (Lipinski definition) is 2. The first-order chi connectivity index (χ1) is 7.72. The third-order valence-electron chi connectivity index (χ3n) is 3.73. The molecule has 3 unspecified atom stereocenters. The number of piperidine rings is 1. The highest BCUT2D eigenvalue weighted by Gasteiger charge is 2.22. The molecule has 0 radical (unpaired) electrons. The van der Waals surface area contributed by atoms with E-state index >= 15 is 0 Å². The van der Waals surface area contributed by atoms with Crippen molar-refractivity contribution in [3.63, 3.8) is 0 Å². The van der Waals surface area contributed by atoms with Gasteiger partial charge in [0.25, 0.3) is 0 Å². The van der Waals surface area contributed by atoms with Gasteiger partial charge in [0.15, 0.2) is 0 Å². The van der Waals surface area contributed by atoms with Crippen molar-refractivity contribution in [1.29, 1.82) is 0 Å². The van der Waals surface area contributed by atoms with Gasteiger partial charge in [0.1, 0.15) is 0 Å². The number of nitrogens with one attached hydrogen (secondary N) is 1. The average Bonchev–Trinajstić information content (AvgIpc) is 2.77. The monoisotopic (exact) mass is 221 g/mol. The fourth-order valence-corrected chi connectivity index (χ4v) is 2.52. The van der Waals surface area contributed by atoms with Crippen LogP contribution < -0.4 is 5.32 Å². The van der Waals surface area contributed by atoms with E-state index in [0.29, 0.717) is 18.1 Å². The van der Waals surface area contributed by atoms with E-state index in [-0.39, 0.29) is 0 Å². The van der Waals surface area contributed by atoms with Crippen LogP contribution in [0, 0.1) is 0 Å². The van der Waals surface area contributed by atoms with Gasteiger partial charge in [0, 0.05) is 24.3 Å². The van der Waals surface area contributed by atoms with Crippen molar-refractivity contribution in [1.82, 2.24) is 14.9 Å². The minimum absolute atomic E-state index is 0.500. The van der Waals surface area contributed by atoms with Crippen LogP contribution in [0.1, 0.15) is 64.2 Å². The number of aromatic nitrogens is 2. The lowest BCUT2D eigenvalue weighted by molar-refractivity contribution is 0.323. The Bertz CT molecular complexity index is 332. The van der Waals surface area contributed by atoms with Crippen LogP contribution in [0.2, 0.25) is 0 Å². The molecule has 0 aromatic carbocycles. The normalized spacial score (nSPS) is 27.9. The lowest BCUT2D eigenvalue weighted by Crippen LogP contribution is -2.35. The van der Waals surface area contributed by atoms with E-state index in [1.54, 1.807) is 0 Å². The van der Waals surface area contributed by atoms with Gasteiger partial charge >= 0.3 is 0 Å². The molecule has 3 nitrogen and oxygen atoms in total. The van der Waals surface area contributed by atoms with Crippen molar-refractivity contribution < 1.29 is 0 Å². The van der Waals surface area contributed by atoms with Gasteiger partial charge < -0.3 is 9.88 Å². The maximum absolute atomic E-state index is 4.31. The van der Waals surface area contributed by atoms with Gasteiger partial charge in [-0.25, -0.2) is 4.98 Å². The summed E-state index contributed by atoms with van der Waals surface area (Å²) in [5.41, 5.74) is 1.36. The van der Waals surface area contributed by atoms with Crippen LogP contribution in [-0.2, 0) is 0 Å². The van der Waals surface area contributed by atoms with Gasteiger partial charge in [0.05, 0.1) is 12.0 Å². The lowest BCUT2D eigenvalue weighted by atomic mass is 9.97. The summed E-state index contributed by atoms with van der Waals surface area (Å²) >= 11 is 0. The highest BCUT2D eigenvalue weighted by Crippen LogP contribution is 2.27. The SMILES string of the molecule is CCC(C)n1cncc1C1CCCC(C)N1. The van der Waals surface area contributed by atoms with E-state index in [9.17, 15) is 0 Å². The van der Waals surface area contributed by atoms with Gasteiger partial charge in [-0.2, -0.15) is 0 Å². The second kappa shape index (κ2) is 5.00. The maximum atomic E-state index is 4.31. The van der Waals surface area contributed by atoms with Crippen LogP contribution in [0.3, 0.4) is 0 Å². The van der Waals surface area contributed by atoms with Crippen molar-refractivity contribution in [2.45, 2.75) is 64.6 Å². The smallest absolute Gasteiger partial charge is 0.0951 e. The van der Waals surface area contributed by atoms with Gasteiger partial charge in [-0.1, -0.05) is 6.92 Å². The average molecular weight is 221 g/mol. The minimum atomic E-state index is 0.500. The first-order valence-corrected chi connectivity index (χ1v) is 6.50. The van der Waals surface area contributed by atoms with Crippen LogP contribution >= 0.6 is 0 Å². The molecular formula is C13H23N3. The topological polar surface area (TPSA) is 29.9 Å². The summed E-state index contributed by atoms with van der Waals surface area (Å²) in [6.45, 7) is 6.76. The molecule has 0 amide bonds. The van der Waals surface area contributed by atoms with Crippen LogP contribution in [-0.4, -0.2) is 15.6 Å². The molecule has 1 N–H and O–H groups in total. The molecule has 1 aromatic rings. The van der Waals surface area contributed by atoms with Gasteiger partial charge in [0.2, 0.25) is 0 Å². The van der Waals surface area contributed by atoms with Crippen LogP contribution in [0.5, 0.6) is 0 Å². The number of hydrogen-bond donors (Lipinski definition) is 1. The zero-order chi connectivity index (χ0) is 11.5. The summed E-state index contributed by atoms with van der Waals surface area (Å²) < 4.78 is 2.33. The molecule has 3 atom stereocenters. The Labute approximate surface area is 98.3 Å². The first-order valence-electron chi connectivity index (χ1n) is 6.50. The fraction of sp³-hybridized carbons (Fsp3) is 0.769. The van der Waals surface area contributed by atoms with E-state index in [1.165, 1.54) is 25.0 Å². The molecule has 3 heteroatoms. The predicted octanol–water partition coefficient (Wildman–Crippen LogP) is 3.06. The Kier molecular flexibility index (Phi) is 3.64. The number of nitrogens with zero attached hydrogens (tertiary/aromatic N) is 2. The summed E-state index contributed by atoms with van der Waals surface area (Å²) in [6.07, 6.45) is 9.03. The molecule has 2 heterocycles. The Morgan fingerprint density at radius 2 is 2.38 bits per heavy atom. The third-order valence-corrected chi connectivity index (χ3v) is 3.73. The highest BCUT2D eigenvalue weighted by atomic mass is 15.1. The lowest BCUT2D eigenvalue weighted by Gasteiger charge is -2.30. The molecule has 1 aliphatic rings. The summed E-state index contributed by atoms with van der Waals surface area (Å²) in [5, 5.41) is 3.68. The molecule has 16 heavy (non-hydrogen) atoms. The largest absolute Gasteiger partial charge is 0.330 e. The Hall–Kier alpha value is -0.830. The van der Waals surface area contributed by atoms with Gasteiger partial charge in [-0.3, -0.25) is 0 Å². The van der Waals surface area contributed by atoms with Crippen molar-refractivity contribution in [3.05, 3.63) is 18.2 Å². The van der Waals surface area contributed by atoms with Crippen molar-refractivity contribution in [2.24, 2.45) is 0 Å². The molecular weight excluding hydrogens is 198 g/mol. The molecule has 1 aromatic heterocycles. The van der Waals surface area contributed by atoms with E-state index in [0.717, 1.165) is 6.42 Å².